The Labute approximate surface area is 190 Å². The van der Waals surface area contributed by atoms with Crippen LogP contribution in [0.1, 0.15) is 90.9 Å². The van der Waals surface area contributed by atoms with E-state index in [1.54, 1.807) is 8.87 Å². The number of carboxylic acids is 2. The van der Waals surface area contributed by atoms with Crippen molar-refractivity contribution in [1.29, 1.82) is 0 Å². The molecule has 0 spiro atoms. The second-order valence-electron chi connectivity index (χ2n) is 7.07. The van der Waals surface area contributed by atoms with E-state index in [0.29, 0.717) is 12.8 Å². The third kappa shape index (κ3) is 47.1. The third-order valence-corrected chi connectivity index (χ3v) is 8.09. The summed E-state index contributed by atoms with van der Waals surface area (Å²) in [6.07, 6.45) is 12.2. The van der Waals surface area contributed by atoms with Crippen molar-refractivity contribution in [2.24, 2.45) is 0 Å². The molecule has 29 heavy (non-hydrogen) atoms. The van der Waals surface area contributed by atoms with Gasteiger partial charge in [-0.25, -0.2) is 0 Å². The van der Waals surface area contributed by atoms with Crippen LogP contribution in [-0.2, 0) is 9.59 Å². The smallest absolute Gasteiger partial charge is 0.303 e. The Hall–Kier alpha value is -0.341. The first kappa shape index (κ1) is 33.3. The van der Waals surface area contributed by atoms with Crippen LogP contribution in [-0.4, -0.2) is 70.5 Å². The van der Waals surface area contributed by atoms with Gasteiger partial charge in [-0.3, -0.25) is 9.59 Å². The fourth-order valence-electron chi connectivity index (χ4n) is 2.24. The molecule has 0 heterocycles. The van der Waals surface area contributed by atoms with Crippen LogP contribution < -0.4 is 10.6 Å². The van der Waals surface area contributed by atoms with E-state index < -0.39 is 11.9 Å². The molecule has 174 valence electrons. The van der Waals surface area contributed by atoms with E-state index in [0.717, 1.165) is 51.6 Å². The van der Waals surface area contributed by atoms with Gasteiger partial charge < -0.3 is 20.8 Å². The van der Waals surface area contributed by atoms with Gasteiger partial charge in [-0.15, -0.1) is 0 Å². The molecule has 0 aliphatic heterocycles. The molecule has 4 N–H and O–H groups in total. The molecule has 0 bridgehead atoms. The van der Waals surface area contributed by atoms with Crippen molar-refractivity contribution in [3.05, 3.63) is 0 Å². The minimum Gasteiger partial charge on any atom is -0.481 e. The molecule has 7 heteroatoms. The maximum absolute atomic E-state index is 10.0. The molecule has 6 nitrogen and oxygen atoms in total. The Morgan fingerprint density at radius 2 is 1.03 bits per heavy atom. The molecule has 0 atom stereocenters. The number of hydrogen-bond donors (Lipinski definition) is 4. The van der Waals surface area contributed by atoms with Crippen molar-refractivity contribution in [1.82, 2.24) is 10.6 Å². The fourth-order valence-corrected chi connectivity index (χ4v) is 6.40. The molecule has 0 saturated heterocycles. The topological polar surface area (TPSA) is 98.7 Å². The largest absolute Gasteiger partial charge is 0.481 e. The van der Waals surface area contributed by atoms with E-state index in [-0.39, 0.29) is 21.1 Å². The number of unbranched alkanes of at least 4 members (excludes halogenated alkanes) is 6. The Balaban J connectivity index is -0.000000350. The minimum atomic E-state index is -0.690. The van der Waals surface area contributed by atoms with Gasteiger partial charge in [-0.05, 0) is 52.9 Å². The Kier molecular flexibility index (Phi) is 37.1. The van der Waals surface area contributed by atoms with Gasteiger partial charge in [-0.1, -0.05) is 12.8 Å². The first-order chi connectivity index (χ1) is 14.0. The summed E-state index contributed by atoms with van der Waals surface area (Å²) in [5.41, 5.74) is 0. The average molecular weight is 523 g/mol. The summed E-state index contributed by atoms with van der Waals surface area (Å²) in [5.74, 6) is -1.38. The van der Waals surface area contributed by atoms with Gasteiger partial charge in [0.15, 0.2) is 0 Å². The zero-order valence-corrected chi connectivity index (χ0v) is 22.4. The normalized spacial score (nSPS) is 9.79. The van der Waals surface area contributed by atoms with Gasteiger partial charge in [0.2, 0.25) is 0 Å². The van der Waals surface area contributed by atoms with Gasteiger partial charge in [0, 0.05) is 12.8 Å². The summed E-state index contributed by atoms with van der Waals surface area (Å²) in [6, 6.07) is 0. The Morgan fingerprint density at radius 3 is 1.31 bits per heavy atom. The van der Waals surface area contributed by atoms with Crippen LogP contribution in [0, 0.1) is 0 Å². The SMILES string of the molecule is CCC[CH2][Sn][CH2]CCC.CNCCCCCC(=O)O.CNCCCCCC(=O)O. The molecule has 0 unspecified atom stereocenters. The Morgan fingerprint density at radius 1 is 0.655 bits per heavy atom. The number of carbonyl (C=O) groups is 2. The van der Waals surface area contributed by atoms with Crippen LogP contribution in [0.4, 0.5) is 0 Å². The van der Waals surface area contributed by atoms with Gasteiger partial charge in [0.05, 0.1) is 0 Å². The molecule has 2 radical (unpaired) electrons. The number of carboxylic acid groups (broad SMARTS) is 2. The van der Waals surface area contributed by atoms with E-state index in [4.69, 9.17) is 10.2 Å². The quantitative estimate of drug-likeness (QED) is 0.152. The maximum Gasteiger partial charge on any atom is 0.303 e. The predicted octanol–water partition coefficient (Wildman–Crippen LogP) is 4.83. The fraction of sp³-hybridized carbons (Fsp3) is 0.909. The summed E-state index contributed by atoms with van der Waals surface area (Å²) in [5, 5.41) is 22.5. The van der Waals surface area contributed by atoms with Crippen LogP contribution in [0.15, 0.2) is 0 Å². The van der Waals surface area contributed by atoms with E-state index in [2.05, 4.69) is 24.5 Å². The zero-order valence-electron chi connectivity index (χ0n) is 19.5. The summed E-state index contributed by atoms with van der Waals surface area (Å²) < 4.78 is 3.25. The monoisotopic (exact) mass is 524 g/mol. The van der Waals surface area contributed by atoms with Crippen molar-refractivity contribution in [3.63, 3.8) is 0 Å². The number of aliphatic carboxylic acids is 2. The number of hydrogen-bond acceptors (Lipinski definition) is 4. The van der Waals surface area contributed by atoms with E-state index in [1.807, 2.05) is 14.1 Å². The van der Waals surface area contributed by atoms with Gasteiger partial charge >= 0.3 is 81.5 Å². The van der Waals surface area contributed by atoms with Crippen molar-refractivity contribution >= 4 is 33.1 Å². The van der Waals surface area contributed by atoms with Crippen molar-refractivity contribution in [2.45, 2.75) is 99.8 Å². The van der Waals surface area contributed by atoms with E-state index in [9.17, 15) is 9.59 Å². The minimum absolute atomic E-state index is 0.149. The molecular formula is C22H48N2O4Sn. The average Bonchev–Trinajstić information content (AvgIpc) is 2.68. The molecule has 0 aliphatic carbocycles. The summed E-state index contributed by atoms with van der Waals surface area (Å²) in [6.45, 7) is 6.55. The van der Waals surface area contributed by atoms with E-state index >= 15 is 0 Å². The van der Waals surface area contributed by atoms with Crippen LogP contribution >= 0.6 is 0 Å². The standard InChI is InChI=1S/2C7H15NO2.2C4H9.Sn/c2*1-8-6-4-2-3-5-7(9)10;2*1-3-4-2;/h2*8H,2-6H2,1H3,(H,9,10);2*1,3-4H2,2H3;. The van der Waals surface area contributed by atoms with Gasteiger partial charge in [-0.2, -0.15) is 0 Å². The van der Waals surface area contributed by atoms with Crippen LogP contribution in [0.25, 0.3) is 0 Å². The van der Waals surface area contributed by atoms with Crippen LogP contribution in [0.5, 0.6) is 0 Å². The molecule has 0 aromatic rings. The van der Waals surface area contributed by atoms with Gasteiger partial charge in [0.25, 0.3) is 0 Å². The molecule has 0 rings (SSSR count). The number of nitrogens with one attached hydrogen (secondary N) is 2. The second kappa shape index (κ2) is 32.3. The first-order valence-corrected chi connectivity index (χ1v) is 15.4. The molecule has 0 aromatic carbocycles. The summed E-state index contributed by atoms with van der Waals surface area (Å²) in [4.78, 5) is 20.0. The zero-order chi connectivity index (χ0) is 22.6. The molecule has 0 amide bonds. The predicted molar refractivity (Wildman–Crippen MR) is 125 cm³/mol. The third-order valence-electron chi connectivity index (χ3n) is 4.05. The molecule has 0 aliphatic rings. The van der Waals surface area contributed by atoms with Crippen LogP contribution in [0.3, 0.4) is 0 Å². The molecular weight excluding hydrogens is 475 g/mol. The van der Waals surface area contributed by atoms with Crippen LogP contribution in [0.2, 0.25) is 8.87 Å². The van der Waals surface area contributed by atoms with Crippen molar-refractivity contribution < 1.29 is 19.8 Å². The number of rotatable bonds is 18. The molecule has 0 saturated carbocycles. The van der Waals surface area contributed by atoms with Gasteiger partial charge in [0.1, 0.15) is 0 Å². The Bertz CT molecular complexity index is 302. The molecule has 0 aromatic heterocycles. The maximum atomic E-state index is 10.0. The second-order valence-corrected chi connectivity index (χ2v) is 11.4. The van der Waals surface area contributed by atoms with Crippen molar-refractivity contribution in [2.75, 3.05) is 27.2 Å². The van der Waals surface area contributed by atoms with E-state index in [1.165, 1.54) is 25.7 Å². The summed E-state index contributed by atoms with van der Waals surface area (Å²) >= 11 is 0.149. The first-order valence-electron chi connectivity index (χ1n) is 11.4. The van der Waals surface area contributed by atoms with Crippen molar-refractivity contribution in [3.8, 4) is 0 Å². The summed E-state index contributed by atoms with van der Waals surface area (Å²) in [7, 11) is 3.80. The molecule has 0 fully saturated rings.